The lowest BCUT2D eigenvalue weighted by molar-refractivity contribution is -0.138. The van der Waals surface area contributed by atoms with Crippen LogP contribution in [0.1, 0.15) is 27.1 Å². The largest absolute Gasteiger partial charge is 0.480 e. The van der Waals surface area contributed by atoms with E-state index in [9.17, 15) is 24.0 Å². The van der Waals surface area contributed by atoms with Crippen molar-refractivity contribution in [2.24, 2.45) is 0 Å². The number of ketones is 1. The van der Waals surface area contributed by atoms with Crippen molar-refractivity contribution in [2.75, 3.05) is 18.8 Å². The van der Waals surface area contributed by atoms with Gasteiger partial charge in [0.2, 0.25) is 16.9 Å². The summed E-state index contributed by atoms with van der Waals surface area (Å²) in [6.07, 6.45) is -0.0867. The number of hydrogen-bond donors (Lipinski definition) is 4. The molecule has 9 nitrogen and oxygen atoms in total. The van der Waals surface area contributed by atoms with E-state index in [1.165, 1.54) is 0 Å². The molecule has 0 saturated heterocycles. The monoisotopic (exact) mass is 501 g/mol. The maximum atomic E-state index is 12.4. The highest BCUT2D eigenvalue weighted by molar-refractivity contribution is 8.14. The van der Waals surface area contributed by atoms with Crippen molar-refractivity contribution in [2.45, 2.75) is 12.5 Å². The molecule has 2 amide bonds. The van der Waals surface area contributed by atoms with Crippen LogP contribution in [0.4, 0.5) is 0 Å². The van der Waals surface area contributed by atoms with Crippen LogP contribution >= 0.6 is 24.0 Å². The number of nitrogens with one attached hydrogen (secondary N) is 3. The second kappa shape index (κ2) is 13.9. The third-order valence-corrected chi connectivity index (χ3v) is 5.61. The van der Waals surface area contributed by atoms with Crippen LogP contribution in [0.3, 0.4) is 0 Å². The van der Waals surface area contributed by atoms with Crippen molar-refractivity contribution in [3.8, 4) is 0 Å². The maximum Gasteiger partial charge on any atom is 0.322 e. The lowest BCUT2D eigenvalue weighted by Crippen LogP contribution is -2.51. The van der Waals surface area contributed by atoms with Gasteiger partial charge in [0.25, 0.3) is 0 Å². The van der Waals surface area contributed by atoms with Crippen LogP contribution in [0.15, 0.2) is 60.7 Å². The van der Waals surface area contributed by atoms with Gasteiger partial charge in [-0.1, -0.05) is 84.6 Å². The van der Waals surface area contributed by atoms with Crippen LogP contribution in [-0.2, 0) is 14.4 Å². The molecule has 0 radical (unpaired) electrons. The molecule has 0 aliphatic rings. The number of carboxylic acids is 1. The molecule has 1 atom stereocenters. The van der Waals surface area contributed by atoms with E-state index in [2.05, 4.69) is 16.0 Å². The van der Waals surface area contributed by atoms with Gasteiger partial charge < -0.3 is 21.1 Å². The van der Waals surface area contributed by atoms with Gasteiger partial charge in [-0.15, -0.1) is 0 Å². The number of rotatable bonds is 12. The summed E-state index contributed by atoms with van der Waals surface area (Å²) >= 11 is 5.94. The van der Waals surface area contributed by atoms with Crippen LogP contribution in [0.2, 0.25) is 0 Å². The highest BCUT2D eigenvalue weighted by atomic mass is 32.2. The third kappa shape index (κ3) is 9.51. The van der Waals surface area contributed by atoms with E-state index in [1.54, 1.807) is 60.7 Å². The minimum absolute atomic E-state index is 0.0867. The minimum Gasteiger partial charge on any atom is -0.480 e. The van der Waals surface area contributed by atoms with Gasteiger partial charge in [0, 0.05) is 16.9 Å². The quantitative estimate of drug-likeness (QED) is 0.251. The molecule has 34 heavy (non-hydrogen) atoms. The first-order valence-electron chi connectivity index (χ1n) is 10.1. The van der Waals surface area contributed by atoms with Crippen molar-refractivity contribution in [3.63, 3.8) is 0 Å². The van der Waals surface area contributed by atoms with Crippen LogP contribution in [0.25, 0.3) is 0 Å². The smallest absolute Gasteiger partial charge is 0.322 e. The summed E-state index contributed by atoms with van der Waals surface area (Å²) in [6, 6.07) is 15.8. The Morgan fingerprint density at radius 3 is 2.03 bits per heavy atom. The van der Waals surface area contributed by atoms with E-state index in [-0.39, 0.29) is 34.6 Å². The van der Waals surface area contributed by atoms with E-state index >= 15 is 0 Å². The Bertz CT molecular complexity index is 1050. The Labute approximate surface area is 205 Å². The standard InChI is InChI=1S/C23H23N3O6S2/c27-18(15-7-3-1-4-8-15)11-20(33)24-12-19(28)26-17(22(31)25-13-21(29)30)14-34-23(32)16-9-5-2-6-10-16/h1-10,17H,11-14H2,(H,24,33)(H,25,31)(H,26,28)(H,29,30)/t17-/m0/s1. The molecular formula is C23H23N3O6S2. The summed E-state index contributed by atoms with van der Waals surface area (Å²) in [5, 5.41) is 15.8. The van der Waals surface area contributed by atoms with Crippen LogP contribution in [0.5, 0.6) is 0 Å². The summed E-state index contributed by atoms with van der Waals surface area (Å²) in [7, 11) is 0. The van der Waals surface area contributed by atoms with Gasteiger partial charge in [-0.2, -0.15) is 0 Å². The van der Waals surface area contributed by atoms with E-state index in [0.717, 1.165) is 11.8 Å². The maximum absolute atomic E-state index is 12.4. The predicted molar refractivity (Wildman–Crippen MR) is 132 cm³/mol. The number of thiocarbonyl (C=S) groups is 1. The lowest BCUT2D eigenvalue weighted by atomic mass is 10.1. The van der Waals surface area contributed by atoms with Crippen LogP contribution in [0, 0.1) is 0 Å². The first-order chi connectivity index (χ1) is 16.3. The second-order valence-electron chi connectivity index (χ2n) is 6.94. The Balaban J connectivity index is 1.89. The number of aliphatic carboxylic acids is 1. The highest BCUT2D eigenvalue weighted by Gasteiger charge is 2.23. The molecule has 0 heterocycles. The van der Waals surface area contributed by atoms with Crippen LogP contribution in [-0.4, -0.2) is 63.7 Å². The molecule has 0 aromatic heterocycles. The molecule has 0 fully saturated rings. The average Bonchev–Trinajstić information content (AvgIpc) is 2.84. The molecule has 2 aromatic rings. The molecule has 0 unspecified atom stereocenters. The van der Waals surface area contributed by atoms with Gasteiger partial charge in [-0.25, -0.2) is 0 Å². The molecular weight excluding hydrogens is 478 g/mol. The zero-order valence-corrected chi connectivity index (χ0v) is 19.6. The van der Waals surface area contributed by atoms with E-state index < -0.39 is 30.4 Å². The van der Waals surface area contributed by atoms with Gasteiger partial charge in [-0.3, -0.25) is 24.0 Å². The van der Waals surface area contributed by atoms with Gasteiger partial charge in [0.05, 0.1) is 18.0 Å². The third-order valence-electron chi connectivity index (χ3n) is 4.32. The molecule has 0 saturated carbocycles. The summed E-state index contributed by atoms with van der Waals surface area (Å²) in [5.74, 6) is -2.92. The molecule has 4 N–H and O–H groups in total. The molecule has 178 valence electrons. The minimum atomic E-state index is -1.25. The number of carboxylic acid groups (broad SMARTS) is 1. The fourth-order valence-corrected chi connectivity index (χ4v) is 3.70. The SMILES string of the molecule is O=C(O)CNC(=O)[C@H](CSC(=O)c1ccccc1)NC(=O)CNC(=S)CC(=O)c1ccccc1. The molecule has 0 spiro atoms. The van der Waals surface area contributed by atoms with Gasteiger partial charge >= 0.3 is 5.97 Å². The summed E-state index contributed by atoms with van der Waals surface area (Å²) in [6.45, 7) is -0.937. The fraction of sp³-hybridized carbons (Fsp3) is 0.217. The van der Waals surface area contributed by atoms with Crippen LogP contribution < -0.4 is 16.0 Å². The van der Waals surface area contributed by atoms with Crippen molar-refractivity contribution < 1.29 is 29.1 Å². The van der Waals surface area contributed by atoms with E-state index in [4.69, 9.17) is 17.3 Å². The highest BCUT2D eigenvalue weighted by Crippen LogP contribution is 2.13. The van der Waals surface area contributed by atoms with Crippen molar-refractivity contribution >= 4 is 57.7 Å². The predicted octanol–water partition coefficient (Wildman–Crippen LogP) is 1.44. The van der Waals surface area contributed by atoms with Crippen molar-refractivity contribution in [1.29, 1.82) is 0 Å². The zero-order chi connectivity index (χ0) is 24.9. The summed E-state index contributed by atoms with van der Waals surface area (Å²) in [4.78, 5) is 60.2. The molecule has 11 heteroatoms. The molecule has 0 aliphatic heterocycles. The number of carbonyl (C=O) groups excluding carboxylic acids is 4. The second-order valence-corrected chi connectivity index (χ2v) is 8.42. The number of Topliss-reactive ketones (excluding diaryl/α,β-unsaturated/α-hetero) is 1. The van der Waals surface area contributed by atoms with Gasteiger partial charge in [-0.05, 0) is 0 Å². The normalized spacial score (nSPS) is 11.1. The van der Waals surface area contributed by atoms with Crippen molar-refractivity contribution in [3.05, 3.63) is 71.8 Å². The van der Waals surface area contributed by atoms with E-state index in [0.29, 0.717) is 11.1 Å². The topological polar surface area (TPSA) is 142 Å². The first-order valence-corrected chi connectivity index (χ1v) is 11.5. The molecule has 2 aromatic carbocycles. The van der Waals surface area contributed by atoms with Crippen molar-refractivity contribution in [1.82, 2.24) is 16.0 Å². The zero-order valence-electron chi connectivity index (χ0n) is 18.0. The Morgan fingerprint density at radius 1 is 0.853 bits per heavy atom. The fourth-order valence-electron chi connectivity index (χ4n) is 2.64. The summed E-state index contributed by atoms with van der Waals surface area (Å²) < 4.78 is 0. The Kier molecular flexibility index (Phi) is 10.9. The Morgan fingerprint density at radius 2 is 1.44 bits per heavy atom. The molecule has 0 bridgehead atoms. The number of hydrogen-bond acceptors (Lipinski definition) is 7. The number of thioether (sulfide) groups is 1. The van der Waals surface area contributed by atoms with E-state index in [1.807, 2.05) is 0 Å². The number of benzene rings is 2. The number of amides is 2. The van der Waals surface area contributed by atoms with Gasteiger partial charge in [0.1, 0.15) is 12.6 Å². The number of carbonyl (C=O) groups is 5. The Hall–Kier alpha value is -3.57. The molecule has 0 aliphatic carbocycles. The summed E-state index contributed by atoms with van der Waals surface area (Å²) in [5.41, 5.74) is 0.921. The molecule has 2 rings (SSSR count). The van der Waals surface area contributed by atoms with Gasteiger partial charge in [0.15, 0.2) is 5.78 Å². The lowest BCUT2D eigenvalue weighted by Gasteiger charge is -2.18. The average molecular weight is 502 g/mol. The first kappa shape index (κ1) is 26.7.